The molecule has 0 unspecified atom stereocenters. The minimum absolute atomic E-state index is 0.166. The van der Waals surface area contributed by atoms with Gasteiger partial charge in [0, 0.05) is 22.0 Å². The van der Waals surface area contributed by atoms with E-state index < -0.39 is 0 Å². The highest BCUT2D eigenvalue weighted by molar-refractivity contribution is 9.10. The van der Waals surface area contributed by atoms with Crippen LogP contribution in [0.25, 0.3) is 0 Å². The minimum Gasteiger partial charge on any atom is -0.486 e. The summed E-state index contributed by atoms with van der Waals surface area (Å²) in [6.07, 6.45) is 2.34. The van der Waals surface area contributed by atoms with E-state index in [2.05, 4.69) is 28.9 Å². The first-order valence-electron chi connectivity index (χ1n) is 5.97. The first-order chi connectivity index (χ1) is 8.18. The zero-order chi connectivity index (χ0) is 12.0. The summed E-state index contributed by atoms with van der Waals surface area (Å²) >= 11 is 3.68. The Balaban J connectivity index is 2.14. The van der Waals surface area contributed by atoms with Gasteiger partial charge in [0.05, 0.1) is 0 Å². The molecule has 1 saturated carbocycles. The van der Waals surface area contributed by atoms with Gasteiger partial charge in [0.15, 0.2) is 11.5 Å². The Morgan fingerprint density at radius 2 is 2.06 bits per heavy atom. The fraction of sp³-hybridized carbons (Fsp3) is 0.538. The van der Waals surface area contributed by atoms with Gasteiger partial charge in [-0.05, 0) is 31.4 Å². The topological polar surface area (TPSA) is 44.5 Å². The Labute approximate surface area is 109 Å². The highest BCUT2D eigenvalue weighted by Crippen LogP contribution is 2.53. The maximum absolute atomic E-state index is 5.90. The van der Waals surface area contributed by atoms with E-state index in [9.17, 15) is 0 Å². The zero-order valence-electron chi connectivity index (χ0n) is 9.88. The number of halogens is 1. The number of hydrogen-bond donors (Lipinski definition) is 1. The number of rotatable bonds is 2. The summed E-state index contributed by atoms with van der Waals surface area (Å²) in [6.45, 7) is 4.02. The molecule has 2 aliphatic rings. The number of hydrogen-bond acceptors (Lipinski definition) is 3. The molecule has 3 rings (SSSR count). The second-order valence-electron chi connectivity index (χ2n) is 4.87. The van der Waals surface area contributed by atoms with Crippen LogP contribution >= 0.6 is 15.9 Å². The van der Waals surface area contributed by atoms with Crippen LogP contribution in [0.2, 0.25) is 0 Å². The van der Waals surface area contributed by atoms with E-state index in [4.69, 9.17) is 15.2 Å². The van der Waals surface area contributed by atoms with Gasteiger partial charge < -0.3 is 15.2 Å². The van der Waals surface area contributed by atoms with Crippen molar-refractivity contribution >= 4 is 15.9 Å². The van der Waals surface area contributed by atoms with E-state index in [1.807, 2.05) is 0 Å². The van der Waals surface area contributed by atoms with Gasteiger partial charge in [0.25, 0.3) is 0 Å². The molecule has 1 heterocycles. The molecule has 1 aromatic rings. The molecule has 0 atom stereocenters. The Morgan fingerprint density at radius 1 is 1.35 bits per heavy atom. The molecule has 0 radical (unpaired) electrons. The molecule has 3 nitrogen and oxygen atoms in total. The summed E-state index contributed by atoms with van der Waals surface area (Å²) in [5.74, 6) is 1.74. The molecule has 1 aliphatic heterocycles. The Bertz CT molecular complexity index is 469. The number of benzene rings is 1. The van der Waals surface area contributed by atoms with Crippen molar-refractivity contribution in [3.63, 3.8) is 0 Å². The molecule has 0 saturated heterocycles. The zero-order valence-corrected chi connectivity index (χ0v) is 11.5. The lowest BCUT2D eigenvalue weighted by molar-refractivity contribution is 0.170. The van der Waals surface area contributed by atoms with Gasteiger partial charge in [-0.2, -0.15) is 0 Å². The molecular weight excluding hydrogens is 282 g/mol. The van der Waals surface area contributed by atoms with E-state index in [0.717, 1.165) is 21.5 Å². The van der Waals surface area contributed by atoms with Crippen LogP contribution in [-0.4, -0.2) is 19.8 Å². The van der Waals surface area contributed by atoms with Crippen LogP contribution in [0.15, 0.2) is 10.5 Å². The molecule has 17 heavy (non-hydrogen) atoms. The lowest BCUT2D eigenvalue weighted by atomic mass is 9.93. The maximum Gasteiger partial charge on any atom is 0.165 e. The highest BCUT2D eigenvalue weighted by Gasteiger charge is 2.45. The van der Waals surface area contributed by atoms with Gasteiger partial charge in [-0.25, -0.2) is 0 Å². The smallest absolute Gasteiger partial charge is 0.165 e. The summed E-state index contributed by atoms with van der Waals surface area (Å²) in [5.41, 5.74) is 8.47. The second kappa shape index (κ2) is 3.89. The van der Waals surface area contributed by atoms with Crippen LogP contribution < -0.4 is 15.2 Å². The van der Waals surface area contributed by atoms with Crippen LogP contribution in [0.4, 0.5) is 0 Å². The van der Waals surface area contributed by atoms with Gasteiger partial charge >= 0.3 is 0 Å². The van der Waals surface area contributed by atoms with Gasteiger partial charge in [0.2, 0.25) is 0 Å². The van der Waals surface area contributed by atoms with Crippen LogP contribution in [-0.2, 0) is 5.41 Å². The molecule has 0 aromatic heterocycles. The third kappa shape index (κ3) is 1.66. The van der Waals surface area contributed by atoms with Crippen LogP contribution in [0.1, 0.15) is 24.0 Å². The number of nitrogens with two attached hydrogens (primary N) is 1. The van der Waals surface area contributed by atoms with Crippen LogP contribution in [0, 0.1) is 6.92 Å². The predicted octanol–water partition coefficient (Wildman–Crippen LogP) is 2.52. The summed E-state index contributed by atoms with van der Waals surface area (Å²) in [7, 11) is 0. The van der Waals surface area contributed by atoms with Crippen molar-refractivity contribution in [1.29, 1.82) is 0 Å². The van der Waals surface area contributed by atoms with Gasteiger partial charge in [-0.3, -0.25) is 0 Å². The van der Waals surface area contributed by atoms with E-state index in [1.54, 1.807) is 0 Å². The van der Waals surface area contributed by atoms with E-state index >= 15 is 0 Å². The molecule has 1 aromatic carbocycles. The summed E-state index contributed by atoms with van der Waals surface area (Å²) in [6, 6.07) is 2.10. The van der Waals surface area contributed by atoms with Crippen molar-refractivity contribution in [2.75, 3.05) is 19.8 Å². The standard InChI is InChI=1S/C13H16BrNO2/c1-8-11(14)9(13(7-15)2-3-13)6-10-12(8)17-5-4-16-10/h6H,2-5,7,15H2,1H3. The average molecular weight is 298 g/mol. The van der Waals surface area contributed by atoms with E-state index in [0.29, 0.717) is 19.8 Å². The average Bonchev–Trinajstić information content (AvgIpc) is 3.15. The monoisotopic (exact) mass is 297 g/mol. The number of fused-ring (bicyclic) bond motifs is 1. The molecule has 2 N–H and O–H groups in total. The maximum atomic E-state index is 5.90. The van der Waals surface area contributed by atoms with Crippen molar-refractivity contribution in [1.82, 2.24) is 0 Å². The molecule has 0 spiro atoms. The van der Waals surface area contributed by atoms with Crippen molar-refractivity contribution in [3.8, 4) is 11.5 Å². The fourth-order valence-corrected chi connectivity index (χ4v) is 3.16. The normalized spacial score (nSPS) is 20.2. The number of ether oxygens (including phenoxy) is 2. The molecule has 1 fully saturated rings. The fourth-order valence-electron chi connectivity index (χ4n) is 2.45. The lowest BCUT2D eigenvalue weighted by Crippen LogP contribution is -2.22. The molecule has 1 aliphatic carbocycles. The summed E-state index contributed by atoms with van der Waals surface area (Å²) < 4.78 is 12.5. The van der Waals surface area contributed by atoms with Crippen molar-refractivity contribution in [3.05, 3.63) is 21.7 Å². The molecule has 0 amide bonds. The predicted molar refractivity (Wildman–Crippen MR) is 69.8 cm³/mol. The molecule has 4 heteroatoms. The Morgan fingerprint density at radius 3 is 2.71 bits per heavy atom. The van der Waals surface area contributed by atoms with Crippen molar-refractivity contribution < 1.29 is 9.47 Å². The van der Waals surface area contributed by atoms with Crippen LogP contribution in [0.3, 0.4) is 0 Å². The van der Waals surface area contributed by atoms with E-state index in [1.165, 1.54) is 18.4 Å². The van der Waals surface area contributed by atoms with Crippen LogP contribution in [0.5, 0.6) is 11.5 Å². The first kappa shape index (κ1) is 11.4. The minimum atomic E-state index is 0.166. The van der Waals surface area contributed by atoms with E-state index in [-0.39, 0.29) is 5.41 Å². The quantitative estimate of drug-likeness (QED) is 0.912. The largest absolute Gasteiger partial charge is 0.486 e. The SMILES string of the molecule is Cc1c(Br)c(C2(CN)CC2)cc2c1OCCO2. The molecule has 92 valence electrons. The molecular formula is C13H16BrNO2. The Hall–Kier alpha value is -0.740. The molecule has 0 bridgehead atoms. The summed E-state index contributed by atoms with van der Waals surface area (Å²) in [5, 5.41) is 0. The van der Waals surface area contributed by atoms with Crippen molar-refractivity contribution in [2.24, 2.45) is 5.73 Å². The first-order valence-corrected chi connectivity index (χ1v) is 6.76. The summed E-state index contributed by atoms with van der Waals surface area (Å²) in [4.78, 5) is 0. The highest BCUT2D eigenvalue weighted by atomic mass is 79.9. The van der Waals surface area contributed by atoms with Gasteiger partial charge in [-0.1, -0.05) is 15.9 Å². The Kier molecular flexibility index (Phi) is 2.60. The second-order valence-corrected chi connectivity index (χ2v) is 5.66. The third-order valence-corrected chi connectivity index (χ3v) is 4.83. The van der Waals surface area contributed by atoms with Gasteiger partial charge in [-0.15, -0.1) is 0 Å². The van der Waals surface area contributed by atoms with Gasteiger partial charge in [0.1, 0.15) is 13.2 Å². The van der Waals surface area contributed by atoms with Crippen molar-refractivity contribution in [2.45, 2.75) is 25.2 Å². The third-order valence-electron chi connectivity index (χ3n) is 3.81. The lowest BCUT2D eigenvalue weighted by Gasteiger charge is -2.25.